The van der Waals surface area contributed by atoms with E-state index in [-0.39, 0.29) is 19.8 Å². The van der Waals surface area contributed by atoms with Crippen molar-refractivity contribution in [2.75, 3.05) is 72.7 Å². The van der Waals surface area contributed by atoms with Gasteiger partial charge in [-0.15, -0.1) is 0 Å². The van der Waals surface area contributed by atoms with Crippen LogP contribution in [0.1, 0.15) is 0 Å². The maximum Gasteiger partial charge on any atom is 0.186 e. The van der Waals surface area contributed by atoms with E-state index in [0.717, 1.165) is 0 Å². The summed E-state index contributed by atoms with van der Waals surface area (Å²) in [6, 6.07) is 0. The van der Waals surface area contributed by atoms with Crippen LogP contribution >= 0.6 is 0 Å². The molecule has 10 heteroatoms. The average molecular weight is 382 g/mol. The molecule has 0 aromatic carbocycles. The van der Waals surface area contributed by atoms with Crippen LogP contribution in [0.25, 0.3) is 0 Å². The fraction of sp³-hybridized carbons (Fsp3) is 1.00. The monoisotopic (exact) mass is 382 g/mol. The second-order valence-electron chi connectivity index (χ2n) is 5.91. The van der Waals surface area contributed by atoms with Gasteiger partial charge in [0.2, 0.25) is 0 Å². The van der Waals surface area contributed by atoms with Crippen molar-refractivity contribution in [2.24, 2.45) is 0 Å². The van der Waals surface area contributed by atoms with E-state index in [4.69, 9.17) is 33.2 Å². The van der Waals surface area contributed by atoms with Gasteiger partial charge in [-0.3, -0.25) is 0 Å². The Labute approximate surface area is 152 Å². The maximum atomic E-state index is 10.0. The van der Waals surface area contributed by atoms with E-state index < -0.39 is 30.7 Å². The van der Waals surface area contributed by atoms with Crippen LogP contribution < -0.4 is 0 Å². The number of hydrogen-bond donors (Lipinski definition) is 3. The number of hydrogen-bond acceptors (Lipinski definition) is 10. The third kappa shape index (κ3) is 7.69. The van der Waals surface area contributed by atoms with Crippen molar-refractivity contribution in [1.29, 1.82) is 0 Å². The van der Waals surface area contributed by atoms with Gasteiger partial charge in [0.15, 0.2) is 6.29 Å². The van der Waals surface area contributed by atoms with Crippen LogP contribution in [0, 0.1) is 0 Å². The second-order valence-corrected chi connectivity index (χ2v) is 5.91. The molecule has 0 aliphatic carbocycles. The number of rotatable bonds is 0. The van der Waals surface area contributed by atoms with Gasteiger partial charge < -0.3 is 48.5 Å². The Morgan fingerprint density at radius 2 is 0.962 bits per heavy atom. The van der Waals surface area contributed by atoms with Gasteiger partial charge in [0.05, 0.1) is 72.7 Å². The van der Waals surface area contributed by atoms with E-state index in [9.17, 15) is 15.3 Å². The van der Waals surface area contributed by atoms with Gasteiger partial charge in [-0.1, -0.05) is 0 Å². The number of aliphatic hydroxyl groups is 3. The molecule has 0 radical (unpaired) electrons. The van der Waals surface area contributed by atoms with Gasteiger partial charge in [0.1, 0.15) is 24.4 Å². The third-order valence-electron chi connectivity index (χ3n) is 3.95. The summed E-state index contributed by atoms with van der Waals surface area (Å²) < 4.78 is 37.7. The Bertz CT molecular complexity index is 324. The van der Waals surface area contributed by atoms with Crippen molar-refractivity contribution in [3.05, 3.63) is 0 Å². The minimum Gasteiger partial charge on any atom is -0.387 e. The number of ether oxygens (including phenoxy) is 7. The average Bonchev–Trinajstić information content (AvgIpc) is 2.64. The first kappa shape index (κ1) is 21.9. The molecule has 5 atom stereocenters. The van der Waals surface area contributed by atoms with Crippen molar-refractivity contribution in [3.8, 4) is 0 Å². The Hall–Kier alpha value is -0.400. The third-order valence-corrected chi connectivity index (χ3v) is 3.95. The first-order valence-corrected chi connectivity index (χ1v) is 8.90. The molecule has 2 aliphatic rings. The predicted molar refractivity (Wildman–Crippen MR) is 86.7 cm³/mol. The molecule has 26 heavy (non-hydrogen) atoms. The van der Waals surface area contributed by atoms with E-state index in [2.05, 4.69) is 0 Å². The first-order valence-electron chi connectivity index (χ1n) is 8.90. The molecule has 10 nitrogen and oxygen atoms in total. The normalized spacial score (nSPS) is 37.7. The smallest absolute Gasteiger partial charge is 0.186 e. The zero-order chi connectivity index (χ0) is 18.6. The quantitative estimate of drug-likeness (QED) is 0.429. The van der Waals surface area contributed by atoms with Crippen LogP contribution in [-0.2, 0) is 33.2 Å². The molecule has 1 unspecified atom stereocenters. The van der Waals surface area contributed by atoms with Gasteiger partial charge in [-0.05, 0) is 0 Å². The molecule has 2 heterocycles. The molecule has 2 saturated heterocycles. The second kappa shape index (κ2) is 12.9. The summed E-state index contributed by atoms with van der Waals surface area (Å²) in [5.74, 6) is 0. The van der Waals surface area contributed by atoms with Crippen LogP contribution in [0.15, 0.2) is 0 Å². The lowest BCUT2D eigenvalue weighted by molar-refractivity contribution is -0.304. The summed E-state index contributed by atoms with van der Waals surface area (Å²) in [5.41, 5.74) is 0. The molecule has 0 saturated carbocycles. The maximum absolute atomic E-state index is 10.0. The zero-order valence-corrected chi connectivity index (χ0v) is 14.9. The molecule has 154 valence electrons. The Morgan fingerprint density at radius 1 is 0.500 bits per heavy atom. The highest BCUT2D eigenvalue weighted by molar-refractivity contribution is 4.89. The molecule has 0 amide bonds. The van der Waals surface area contributed by atoms with E-state index >= 15 is 0 Å². The summed E-state index contributed by atoms with van der Waals surface area (Å²) in [4.78, 5) is 0. The van der Waals surface area contributed by atoms with Gasteiger partial charge in [0.25, 0.3) is 0 Å². The SMILES string of the molecule is O[C@@H]1[C@@H](O)[C@H]2OCCOCCOCCOCCOCCOCC(O2)[C@H]1O. The topological polar surface area (TPSA) is 125 Å². The first-order chi connectivity index (χ1) is 12.7. The molecule has 0 spiro atoms. The molecular formula is C16H30O10. The van der Waals surface area contributed by atoms with Gasteiger partial charge >= 0.3 is 0 Å². The summed E-state index contributed by atoms with van der Waals surface area (Å²) >= 11 is 0. The predicted octanol–water partition coefficient (Wildman–Crippen LogP) is -2.09. The fourth-order valence-corrected chi connectivity index (χ4v) is 2.49. The number of fused-ring (bicyclic) bond motifs is 2. The fourth-order valence-electron chi connectivity index (χ4n) is 2.49. The summed E-state index contributed by atoms with van der Waals surface area (Å²) in [5, 5.41) is 30.0. The molecule has 2 bridgehead atoms. The van der Waals surface area contributed by atoms with E-state index in [1.165, 1.54) is 0 Å². The summed E-state index contributed by atoms with van der Waals surface area (Å²) in [6.07, 6.45) is -5.90. The largest absolute Gasteiger partial charge is 0.387 e. The van der Waals surface area contributed by atoms with Crippen LogP contribution in [0.5, 0.6) is 0 Å². The van der Waals surface area contributed by atoms with Crippen molar-refractivity contribution >= 4 is 0 Å². The number of aliphatic hydroxyl groups excluding tert-OH is 3. The highest BCUT2D eigenvalue weighted by Crippen LogP contribution is 2.22. The van der Waals surface area contributed by atoms with E-state index in [0.29, 0.717) is 52.9 Å². The van der Waals surface area contributed by atoms with Crippen LogP contribution in [-0.4, -0.2) is 119 Å². The highest BCUT2D eigenvalue weighted by atomic mass is 16.7. The van der Waals surface area contributed by atoms with Gasteiger partial charge in [-0.2, -0.15) is 0 Å². The van der Waals surface area contributed by atoms with Crippen LogP contribution in [0.2, 0.25) is 0 Å². The van der Waals surface area contributed by atoms with Gasteiger partial charge in [-0.25, -0.2) is 0 Å². The molecule has 0 aromatic heterocycles. The van der Waals surface area contributed by atoms with Crippen molar-refractivity contribution in [1.82, 2.24) is 0 Å². The van der Waals surface area contributed by atoms with Crippen LogP contribution in [0.3, 0.4) is 0 Å². The van der Waals surface area contributed by atoms with Crippen molar-refractivity contribution in [3.63, 3.8) is 0 Å². The molecule has 0 aromatic rings. The minimum absolute atomic E-state index is 0.0402. The summed E-state index contributed by atoms with van der Waals surface area (Å²) in [7, 11) is 0. The van der Waals surface area contributed by atoms with E-state index in [1.807, 2.05) is 0 Å². The lowest BCUT2D eigenvalue weighted by Gasteiger charge is -2.40. The molecule has 2 rings (SSSR count). The Balaban J connectivity index is 1.79. The summed E-state index contributed by atoms with van der Waals surface area (Å²) in [6.45, 7) is 3.86. The molecule has 2 aliphatic heterocycles. The Morgan fingerprint density at radius 3 is 1.50 bits per heavy atom. The van der Waals surface area contributed by atoms with Gasteiger partial charge in [0, 0.05) is 0 Å². The minimum atomic E-state index is -1.39. The van der Waals surface area contributed by atoms with Crippen LogP contribution in [0.4, 0.5) is 0 Å². The lowest BCUT2D eigenvalue weighted by Crippen LogP contribution is -2.59. The lowest BCUT2D eigenvalue weighted by atomic mass is 9.99. The zero-order valence-electron chi connectivity index (χ0n) is 14.9. The van der Waals surface area contributed by atoms with Crippen molar-refractivity contribution in [2.45, 2.75) is 30.7 Å². The molecule has 3 N–H and O–H groups in total. The highest BCUT2D eigenvalue weighted by Gasteiger charge is 2.44. The van der Waals surface area contributed by atoms with Crippen molar-refractivity contribution < 1.29 is 48.5 Å². The van der Waals surface area contributed by atoms with E-state index in [1.54, 1.807) is 0 Å². The Kier molecular flexibility index (Phi) is 10.9. The standard InChI is InChI=1S/C16H30O10/c17-13-12-11-24-8-7-22-4-3-20-1-2-21-5-6-23-9-10-25-16(26-12)15(19)14(13)18/h12-19H,1-11H2/t12?,13-,14+,15-,16+/m1/s1. The molecular weight excluding hydrogens is 352 g/mol. The molecule has 2 fully saturated rings.